The number of rotatable bonds is 1. The Labute approximate surface area is 90.2 Å². The van der Waals surface area contributed by atoms with Crippen LogP contribution in [0.3, 0.4) is 0 Å². The predicted octanol–water partition coefficient (Wildman–Crippen LogP) is 3.24. The fraction of sp³-hybridized carbons (Fsp3) is 0.167. The van der Waals surface area contributed by atoms with E-state index in [1.807, 2.05) is 0 Å². The van der Waals surface area contributed by atoms with Crippen LogP contribution in [0.5, 0.6) is 5.88 Å². The van der Waals surface area contributed by atoms with Gasteiger partial charge >= 0.3 is 6.36 Å². The first kappa shape index (κ1) is 10.8. The highest BCUT2D eigenvalue weighted by Gasteiger charge is 2.32. The number of nitrogens with zero attached hydrogens (tertiary/aromatic N) is 1. The second-order valence-corrected chi connectivity index (χ2v) is 3.45. The third-order valence-corrected chi connectivity index (χ3v) is 2.70. The number of halogens is 5. The van der Waals surface area contributed by atoms with Crippen molar-refractivity contribution in [2.75, 3.05) is 0 Å². The van der Waals surface area contributed by atoms with Gasteiger partial charge in [0.15, 0.2) is 0 Å². The number of hydrogen-bond donors (Lipinski definition) is 0. The molecule has 0 bridgehead atoms. The van der Waals surface area contributed by atoms with Gasteiger partial charge in [-0.15, -0.1) is 13.2 Å². The maximum atomic E-state index is 11.7. The van der Waals surface area contributed by atoms with Crippen LogP contribution >= 0.6 is 34.2 Å². The van der Waals surface area contributed by atoms with Gasteiger partial charge in [0.05, 0.1) is 8.59 Å². The first-order valence-corrected chi connectivity index (χ1v) is 4.41. The van der Waals surface area contributed by atoms with Crippen molar-refractivity contribution in [2.45, 2.75) is 6.36 Å². The smallest absolute Gasteiger partial charge is 0.387 e. The van der Waals surface area contributed by atoms with Crippen molar-refractivity contribution >= 4 is 34.2 Å². The van der Waals surface area contributed by atoms with Gasteiger partial charge in [-0.2, -0.15) is 0 Å². The Morgan fingerprint density at radius 2 is 2.08 bits per heavy atom. The van der Waals surface area contributed by atoms with Gasteiger partial charge in [-0.1, -0.05) is 11.6 Å². The molecule has 0 atom stereocenters. The fourth-order valence-electron chi connectivity index (χ4n) is 0.583. The Bertz CT molecular complexity index is 317. The van der Waals surface area contributed by atoms with Crippen LogP contribution in [-0.4, -0.2) is 11.3 Å². The zero-order chi connectivity index (χ0) is 10.1. The second kappa shape index (κ2) is 3.87. The molecule has 1 aromatic heterocycles. The average molecular weight is 323 g/mol. The molecule has 0 amide bonds. The summed E-state index contributed by atoms with van der Waals surface area (Å²) in [5.74, 6) is -0.527. The lowest BCUT2D eigenvalue weighted by Gasteiger charge is -2.09. The standard InChI is InChI=1S/C6H2ClF3INO/c7-3-1-2-12-5(4(3)11)13-6(8,9)10/h1-2H. The minimum Gasteiger partial charge on any atom is -0.387 e. The number of pyridine rings is 1. The highest BCUT2D eigenvalue weighted by molar-refractivity contribution is 14.1. The van der Waals surface area contributed by atoms with E-state index in [1.54, 1.807) is 22.6 Å². The van der Waals surface area contributed by atoms with Crippen LogP contribution in [0.4, 0.5) is 13.2 Å². The molecule has 0 aliphatic rings. The molecule has 0 saturated heterocycles. The summed E-state index contributed by atoms with van der Waals surface area (Å²) in [6, 6.07) is 1.38. The molecule has 2 nitrogen and oxygen atoms in total. The zero-order valence-corrected chi connectivity index (χ0v) is 8.81. The summed E-state index contributed by atoms with van der Waals surface area (Å²) in [6.07, 6.45) is -3.59. The molecule has 0 radical (unpaired) electrons. The van der Waals surface area contributed by atoms with Gasteiger partial charge in [0.2, 0.25) is 5.88 Å². The summed E-state index contributed by atoms with van der Waals surface area (Å²) >= 11 is 7.17. The van der Waals surface area contributed by atoms with Crippen LogP contribution in [0.1, 0.15) is 0 Å². The van der Waals surface area contributed by atoms with Gasteiger partial charge in [-0.25, -0.2) is 4.98 Å². The SMILES string of the molecule is FC(F)(F)Oc1nccc(Cl)c1I. The molecule has 0 unspecified atom stereocenters. The van der Waals surface area contributed by atoms with E-state index in [4.69, 9.17) is 11.6 Å². The van der Waals surface area contributed by atoms with E-state index < -0.39 is 12.2 Å². The Kier molecular flexibility index (Phi) is 3.23. The lowest BCUT2D eigenvalue weighted by atomic mass is 10.5. The largest absolute Gasteiger partial charge is 0.574 e. The Morgan fingerprint density at radius 1 is 1.46 bits per heavy atom. The summed E-state index contributed by atoms with van der Waals surface area (Å²) in [4.78, 5) is 3.39. The number of alkyl halides is 3. The van der Waals surface area contributed by atoms with Crippen LogP contribution in [-0.2, 0) is 0 Å². The molecule has 0 fully saturated rings. The van der Waals surface area contributed by atoms with Crippen molar-refractivity contribution in [1.82, 2.24) is 4.98 Å². The van der Waals surface area contributed by atoms with Gasteiger partial charge in [-0.05, 0) is 28.7 Å². The molecule has 0 saturated carbocycles. The maximum absolute atomic E-state index is 11.7. The minimum absolute atomic E-state index is 0.138. The van der Waals surface area contributed by atoms with Crippen molar-refractivity contribution in [2.24, 2.45) is 0 Å². The molecule has 0 aliphatic heterocycles. The van der Waals surface area contributed by atoms with Gasteiger partial charge in [0.25, 0.3) is 0 Å². The van der Waals surface area contributed by atoms with Crippen LogP contribution in [0.25, 0.3) is 0 Å². The normalized spacial score (nSPS) is 11.5. The minimum atomic E-state index is -4.74. The molecule has 13 heavy (non-hydrogen) atoms. The molecule has 1 aromatic rings. The van der Waals surface area contributed by atoms with Crippen molar-refractivity contribution in [3.63, 3.8) is 0 Å². The van der Waals surface area contributed by atoms with E-state index in [0.717, 1.165) is 6.20 Å². The van der Waals surface area contributed by atoms with E-state index in [2.05, 4.69) is 9.72 Å². The first-order chi connectivity index (χ1) is 5.90. The predicted molar refractivity (Wildman–Crippen MR) is 48.6 cm³/mol. The Morgan fingerprint density at radius 3 is 2.62 bits per heavy atom. The molecule has 0 spiro atoms. The monoisotopic (exact) mass is 323 g/mol. The Hall–Kier alpha value is -0.240. The average Bonchev–Trinajstić information content (AvgIpc) is 1.96. The van der Waals surface area contributed by atoms with Crippen molar-refractivity contribution in [3.8, 4) is 5.88 Å². The quantitative estimate of drug-likeness (QED) is 0.740. The van der Waals surface area contributed by atoms with E-state index in [-0.39, 0.29) is 8.59 Å². The molecule has 1 rings (SSSR count). The highest BCUT2D eigenvalue weighted by Crippen LogP contribution is 2.29. The summed E-state index contributed by atoms with van der Waals surface area (Å²) in [7, 11) is 0. The number of aromatic nitrogens is 1. The topological polar surface area (TPSA) is 22.1 Å². The van der Waals surface area contributed by atoms with Crippen molar-refractivity contribution < 1.29 is 17.9 Å². The van der Waals surface area contributed by atoms with Crippen molar-refractivity contribution in [3.05, 3.63) is 20.9 Å². The van der Waals surface area contributed by atoms with Crippen LogP contribution < -0.4 is 4.74 Å². The number of hydrogen-bond acceptors (Lipinski definition) is 2. The molecular weight excluding hydrogens is 321 g/mol. The van der Waals surface area contributed by atoms with Gasteiger partial charge < -0.3 is 4.74 Å². The van der Waals surface area contributed by atoms with E-state index in [1.165, 1.54) is 6.07 Å². The third kappa shape index (κ3) is 3.18. The lowest BCUT2D eigenvalue weighted by molar-refractivity contribution is -0.276. The molecule has 0 N–H and O–H groups in total. The summed E-state index contributed by atoms with van der Waals surface area (Å²) in [6.45, 7) is 0. The maximum Gasteiger partial charge on any atom is 0.574 e. The third-order valence-electron chi connectivity index (χ3n) is 1.02. The van der Waals surface area contributed by atoms with E-state index in [0.29, 0.717) is 0 Å². The van der Waals surface area contributed by atoms with Crippen LogP contribution in [0, 0.1) is 3.57 Å². The van der Waals surface area contributed by atoms with Crippen LogP contribution in [0.15, 0.2) is 12.3 Å². The highest BCUT2D eigenvalue weighted by atomic mass is 127. The summed E-state index contributed by atoms with van der Waals surface area (Å²) in [5.41, 5.74) is 0. The molecule has 1 heterocycles. The first-order valence-electron chi connectivity index (χ1n) is 2.96. The molecule has 72 valence electrons. The molecule has 0 aliphatic carbocycles. The zero-order valence-electron chi connectivity index (χ0n) is 5.90. The fourth-order valence-corrected chi connectivity index (χ4v) is 1.15. The van der Waals surface area contributed by atoms with E-state index >= 15 is 0 Å². The van der Waals surface area contributed by atoms with Gasteiger partial charge in [-0.3, -0.25) is 0 Å². The Balaban J connectivity index is 2.96. The van der Waals surface area contributed by atoms with E-state index in [9.17, 15) is 13.2 Å². The van der Waals surface area contributed by atoms with Gasteiger partial charge in [0, 0.05) is 6.20 Å². The molecular formula is C6H2ClF3INO. The second-order valence-electron chi connectivity index (χ2n) is 1.96. The molecule has 0 aromatic carbocycles. The van der Waals surface area contributed by atoms with Crippen LogP contribution in [0.2, 0.25) is 5.02 Å². The summed E-state index contributed by atoms with van der Waals surface area (Å²) in [5, 5.41) is 0.176. The summed E-state index contributed by atoms with van der Waals surface area (Å²) < 4.78 is 39.0. The number of ether oxygens (including phenoxy) is 1. The molecule has 7 heteroatoms. The van der Waals surface area contributed by atoms with Crippen molar-refractivity contribution in [1.29, 1.82) is 0 Å². The van der Waals surface area contributed by atoms with Gasteiger partial charge in [0.1, 0.15) is 0 Å². The lowest BCUT2D eigenvalue weighted by Crippen LogP contribution is -2.18.